The van der Waals surface area contributed by atoms with Crippen molar-refractivity contribution < 1.29 is 0 Å². The lowest BCUT2D eigenvalue weighted by atomic mass is 10.1. The fraction of sp³-hybridized carbons (Fsp3) is 0.647. The Kier molecular flexibility index (Phi) is 7.57. The smallest absolute Gasteiger partial charge is 0.0366 e. The number of rotatable bonds is 9. The molecule has 0 unspecified atom stereocenters. The molecule has 0 fully saturated rings. The quantitative estimate of drug-likeness (QED) is 0.675. The van der Waals surface area contributed by atoms with Crippen LogP contribution < -0.4 is 10.2 Å². The van der Waals surface area contributed by atoms with E-state index in [2.05, 4.69) is 62.2 Å². The molecule has 0 bridgehead atoms. The van der Waals surface area contributed by atoms with Crippen molar-refractivity contribution in [1.82, 2.24) is 5.32 Å². The molecule has 2 heteroatoms. The Morgan fingerprint density at radius 2 is 1.68 bits per heavy atom. The summed E-state index contributed by atoms with van der Waals surface area (Å²) in [6, 6.07) is 8.95. The molecule has 0 saturated heterocycles. The van der Waals surface area contributed by atoms with Gasteiger partial charge in [-0.2, -0.15) is 0 Å². The Hall–Kier alpha value is -1.02. The predicted octanol–water partition coefficient (Wildman–Crippen LogP) is 4.06. The average Bonchev–Trinajstić information content (AvgIpc) is 2.41. The van der Waals surface area contributed by atoms with E-state index in [0.717, 1.165) is 32.1 Å². The molecule has 0 aliphatic carbocycles. The largest absolute Gasteiger partial charge is 0.372 e. The minimum atomic E-state index is 0.815. The van der Waals surface area contributed by atoms with Gasteiger partial charge in [0, 0.05) is 25.3 Å². The summed E-state index contributed by atoms with van der Waals surface area (Å²) in [7, 11) is 0. The van der Waals surface area contributed by atoms with Gasteiger partial charge in [0.1, 0.15) is 0 Å². The van der Waals surface area contributed by atoms with E-state index < -0.39 is 0 Å². The van der Waals surface area contributed by atoms with Crippen LogP contribution in [0.4, 0.5) is 5.69 Å². The van der Waals surface area contributed by atoms with Crippen molar-refractivity contribution in [2.45, 2.75) is 47.1 Å². The topological polar surface area (TPSA) is 15.3 Å². The maximum atomic E-state index is 3.52. The van der Waals surface area contributed by atoms with Gasteiger partial charge in [-0.1, -0.05) is 26.0 Å². The first-order chi connectivity index (χ1) is 9.17. The number of hydrogen-bond acceptors (Lipinski definition) is 2. The number of anilines is 1. The molecular weight excluding hydrogens is 232 g/mol. The number of nitrogens with one attached hydrogen (secondary N) is 1. The molecule has 0 atom stereocenters. The van der Waals surface area contributed by atoms with Gasteiger partial charge in [0.15, 0.2) is 0 Å². The third-order valence-electron chi connectivity index (χ3n) is 3.53. The van der Waals surface area contributed by atoms with Crippen molar-refractivity contribution in [2.75, 3.05) is 24.5 Å². The molecule has 0 amide bonds. The Morgan fingerprint density at radius 1 is 1.05 bits per heavy atom. The van der Waals surface area contributed by atoms with E-state index in [1.165, 1.54) is 24.1 Å². The van der Waals surface area contributed by atoms with E-state index in [1.807, 2.05) is 0 Å². The van der Waals surface area contributed by atoms with Gasteiger partial charge in [0.05, 0.1) is 0 Å². The average molecular weight is 262 g/mol. The summed E-state index contributed by atoms with van der Waals surface area (Å²) in [6.45, 7) is 13.2. The van der Waals surface area contributed by atoms with Crippen molar-refractivity contribution in [1.29, 1.82) is 0 Å². The summed E-state index contributed by atoms with van der Waals surface area (Å²) >= 11 is 0. The highest BCUT2D eigenvalue weighted by atomic mass is 15.1. The molecule has 19 heavy (non-hydrogen) atoms. The van der Waals surface area contributed by atoms with Crippen LogP contribution in [0.1, 0.15) is 46.1 Å². The van der Waals surface area contributed by atoms with Crippen molar-refractivity contribution in [3.8, 4) is 0 Å². The van der Waals surface area contributed by atoms with Crippen LogP contribution in [0.15, 0.2) is 24.3 Å². The molecule has 0 aliphatic rings. The molecule has 0 aliphatic heterocycles. The van der Waals surface area contributed by atoms with Crippen LogP contribution in [0.25, 0.3) is 0 Å². The van der Waals surface area contributed by atoms with Crippen LogP contribution in [0.5, 0.6) is 0 Å². The van der Waals surface area contributed by atoms with Crippen LogP contribution in [0, 0.1) is 5.92 Å². The van der Waals surface area contributed by atoms with Gasteiger partial charge in [0.25, 0.3) is 0 Å². The molecule has 0 saturated carbocycles. The zero-order chi connectivity index (χ0) is 14.1. The molecule has 1 aromatic carbocycles. The second-order valence-electron chi connectivity index (χ2n) is 5.55. The lowest BCUT2D eigenvalue weighted by molar-refractivity contribution is 0.527. The Balaban J connectivity index is 2.32. The zero-order valence-electron chi connectivity index (χ0n) is 13.1. The first kappa shape index (κ1) is 16.0. The fourth-order valence-electron chi connectivity index (χ4n) is 2.28. The van der Waals surface area contributed by atoms with Crippen LogP contribution >= 0.6 is 0 Å². The highest BCUT2D eigenvalue weighted by molar-refractivity contribution is 5.47. The molecule has 1 rings (SSSR count). The second kappa shape index (κ2) is 8.98. The highest BCUT2D eigenvalue weighted by Gasteiger charge is 2.01. The molecule has 0 spiro atoms. The van der Waals surface area contributed by atoms with Crippen molar-refractivity contribution in [2.24, 2.45) is 5.92 Å². The van der Waals surface area contributed by atoms with E-state index in [4.69, 9.17) is 0 Å². The minimum absolute atomic E-state index is 0.815. The first-order valence-corrected chi connectivity index (χ1v) is 7.72. The fourth-order valence-corrected chi connectivity index (χ4v) is 2.28. The maximum Gasteiger partial charge on any atom is 0.0366 e. The van der Waals surface area contributed by atoms with Crippen LogP contribution in [-0.2, 0) is 6.54 Å². The van der Waals surface area contributed by atoms with Gasteiger partial charge in [-0.15, -0.1) is 0 Å². The summed E-state index contributed by atoms with van der Waals surface area (Å²) in [5, 5.41) is 3.52. The summed E-state index contributed by atoms with van der Waals surface area (Å²) in [6.07, 6.45) is 2.59. The summed E-state index contributed by atoms with van der Waals surface area (Å²) in [5.74, 6) is 0.815. The second-order valence-corrected chi connectivity index (χ2v) is 5.55. The molecule has 2 nitrogen and oxygen atoms in total. The van der Waals surface area contributed by atoms with Gasteiger partial charge in [-0.25, -0.2) is 0 Å². The third kappa shape index (κ3) is 6.11. The van der Waals surface area contributed by atoms with E-state index >= 15 is 0 Å². The lowest BCUT2D eigenvalue weighted by Gasteiger charge is -2.21. The lowest BCUT2D eigenvalue weighted by Crippen LogP contribution is -2.21. The minimum Gasteiger partial charge on any atom is -0.372 e. The molecule has 0 heterocycles. The van der Waals surface area contributed by atoms with E-state index in [0.29, 0.717) is 0 Å². The molecule has 0 radical (unpaired) electrons. The SMILES string of the molecule is CCN(CC)c1ccc(CNCCCC(C)C)cc1. The van der Waals surface area contributed by atoms with E-state index in [1.54, 1.807) is 0 Å². The molecule has 108 valence electrons. The maximum absolute atomic E-state index is 3.52. The highest BCUT2D eigenvalue weighted by Crippen LogP contribution is 2.14. The number of nitrogens with zero attached hydrogens (tertiary/aromatic N) is 1. The van der Waals surface area contributed by atoms with Crippen LogP contribution in [0.2, 0.25) is 0 Å². The van der Waals surface area contributed by atoms with E-state index in [-0.39, 0.29) is 0 Å². The van der Waals surface area contributed by atoms with Gasteiger partial charge in [-0.05, 0) is 56.8 Å². The molecule has 1 N–H and O–H groups in total. The van der Waals surface area contributed by atoms with Crippen molar-refractivity contribution in [3.05, 3.63) is 29.8 Å². The standard InChI is InChI=1S/C17H30N2/c1-5-19(6-2)17-11-9-16(10-12-17)14-18-13-7-8-15(3)4/h9-12,15,18H,5-8,13-14H2,1-4H3. The summed E-state index contributed by atoms with van der Waals surface area (Å²) < 4.78 is 0. The van der Waals surface area contributed by atoms with Gasteiger partial charge < -0.3 is 10.2 Å². The predicted molar refractivity (Wildman–Crippen MR) is 85.8 cm³/mol. The first-order valence-electron chi connectivity index (χ1n) is 7.72. The van der Waals surface area contributed by atoms with Gasteiger partial charge in [0.2, 0.25) is 0 Å². The van der Waals surface area contributed by atoms with Crippen LogP contribution in [0.3, 0.4) is 0 Å². The van der Waals surface area contributed by atoms with Crippen molar-refractivity contribution in [3.63, 3.8) is 0 Å². The van der Waals surface area contributed by atoms with Crippen LogP contribution in [-0.4, -0.2) is 19.6 Å². The van der Waals surface area contributed by atoms with Gasteiger partial charge >= 0.3 is 0 Å². The van der Waals surface area contributed by atoms with Crippen molar-refractivity contribution >= 4 is 5.69 Å². The zero-order valence-corrected chi connectivity index (χ0v) is 13.1. The summed E-state index contributed by atoms with van der Waals surface area (Å²) in [5.41, 5.74) is 2.70. The Labute approximate surface area is 119 Å². The number of benzene rings is 1. The molecular formula is C17H30N2. The van der Waals surface area contributed by atoms with Gasteiger partial charge in [-0.3, -0.25) is 0 Å². The third-order valence-corrected chi connectivity index (χ3v) is 3.53. The monoisotopic (exact) mass is 262 g/mol. The Morgan fingerprint density at radius 3 is 2.21 bits per heavy atom. The normalized spacial score (nSPS) is 11.0. The number of hydrogen-bond donors (Lipinski definition) is 1. The Bertz CT molecular complexity index is 326. The van der Waals surface area contributed by atoms with E-state index in [9.17, 15) is 0 Å². The molecule has 0 aromatic heterocycles. The molecule has 1 aromatic rings. The summed E-state index contributed by atoms with van der Waals surface area (Å²) in [4.78, 5) is 2.37.